The predicted molar refractivity (Wildman–Crippen MR) is 73.7 cm³/mol. The number of rotatable bonds is 4. The molecule has 0 spiro atoms. The lowest BCUT2D eigenvalue weighted by atomic mass is 10.2. The third-order valence-electron chi connectivity index (χ3n) is 1.79. The van der Waals surface area contributed by atoms with Gasteiger partial charge in [0, 0.05) is 26.0 Å². The molecule has 0 bridgehead atoms. The zero-order valence-corrected chi connectivity index (χ0v) is 12.7. The highest BCUT2D eigenvalue weighted by atomic mass is 35.5. The quantitative estimate of drug-likeness (QED) is 0.798. The number of benzene rings is 1. The van der Waals surface area contributed by atoms with Crippen molar-refractivity contribution in [1.82, 2.24) is 0 Å². The molecule has 0 aromatic heterocycles. The van der Waals surface area contributed by atoms with Crippen molar-refractivity contribution in [3.63, 3.8) is 0 Å². The van der Waals surface area contributed by atoms with Crippen molar-refractivity contribution in [3.05, 3.63) is 27.7 Å². The van der Waals surface area contributed by atoms with Gasteiger partial charge in [0.15, 0.2) is 5.75 Å². The Morgan fingerprint density at radius 1 is 1.12 bits per heavy atom. The minimum Gasteiger partial charge on any atom is -0.421 e. The van der Waals surface area contributed by atoms with Crippen molar-refractivity contribution in [2.24, 2.45) is 0 Å². The van der Waals surface area contributed by atoms with Gasteiger partial charge in [0.05, 0.1) is 10.0 Å². The van der Waals surface area contributed by atoms with E-state index < -0.39 is 6.72 Å². The Bertz CT molecular complexity index is 410. The van der Waals surface area contributed by atoms with Gasteiger partial charge in [-0.05, 0) is 24.6 Å². The molecule has 0 heterocycles. The van der Waals surface area contributed by atoms with Gasteiger partial charge in [-0.25, -0.2) is 0 Å². The van der Waals surface area contributed by atoms with Crippen molar-refractivity contribution < 1.29 is 19.0 Å². The van der Waals surface area contributed by atoms with Gasteiger partial charge in [-0.1, -0.05) is 23.2 Å². The normalized spacial score (nSPS) is 10.9. The lowest BCUT2D eigenvalue weighted by Gasteiger charge is -2.19. The van der Waals surface area contributed by atoms with E-state index in [9.17, 15) is 0 Å². The average Bonchev–Trinajstić information content (AvgIpc) is 2.23. The molecular weight excluding hydrogens is 306 g/mol. The second kappa shape index (κ2) is 6.90. The zero-order valence-electron chi connectivity index (χ0n) is 9.49. The summed E-state index contributed by atoms with van der Waals surface area (Å²) in [6.07, 6.45) is 0. The van der Waals surface area contributed by atoms with Gasteiger partial charge < -0.3 is 19.0 Å². The topological polar surface area (TPSA) is 59.2 Å². The van der Waals surface area contributed by atoms with Crippen LogP contribution in [0.5, 0.6) is 5.75 Å². The fourth-order valence-corrected chi connectivity index (χ4v) is 2.76. The first-order valence-corrected chi connectivity index (χ1v) is 7.60. The summed E-state index contributed by atoms with van der Waals surface area (Å²) in [5.74, 6) is 0.293. The van der Waals surface area contributed by atoms with Crippen LogP contribution in [-0.4, -0.2) is 19.7 Å². The highest BCUT2D eigenvalue weighted by molar-refractivity contribution is 8.07. The van der Waals surface area contributed by atoms with Crippen molar-refractivity contribution >= 4 is 41.7 Å². The standard InChI is InChI=1S/C9H11Cl2O3PS.H2O/c1-6-4-7(10)9(8(11)5-6)14-15(16,12-2)13-3;/h4-5H,1-3H3;1H2. The summed E-state index contributed by atoms with van der Waals surface area (Å²) in [6, 6.07) is 3.46. The van der Waals surface area contributed by atoms with Crippen LogP contribution < -0.4 is 4.52 Å². The van der Waals surface area contributed by atoms with Gasteiger partial charge >= 0.3 is 6.72 Å². The molecule has 0 aliphatic heterocycles. The lowest BCUT2D eigenvalue weighted by molar-refractivity contribution is 0.273. The molecule has 1 rings (SSSR count). The maximum Gasteiger partial charge on any atom is 0.380 e. The largest absolute Gasteiger partial charge is 0.421 e. The van der Waals surface area contributed by atoms with E-state index in [4.69, 9.17) is 48.6 Å². The Morgan fingerprint density at radius 3 is 1.88 bits per heavy atom. The first kappa shape index (κ1) is 17.1. The SMILES string of the molecule is COP(=S)(OC)Oc1c(Cl)cc(C)cc1Cl.O. The van der Waals surface area contributed by atoms with Crippen LogP contribution in [0.25, 0.3) is 0 Å². The Hall–Kier alpha value is 0.130. The molecule has 8 heteroatoms. The molecule has 0 saturated carbocycles. The third-order valence-corrected chi connectivity index (χ3v) is 4.77. The first-order chi connectivity index (χ1) is 7.41. The van der Waals surface area contributed by atoms with E-state index in [1.54, 1.807) is 12.1 Å². The molecule has 0 amide bonds. The zero-order chi connectivity index (χ0) is 12.3. The lowest BCUT2D eigenvalue weighted by Crippen LogP contribution is -1.98. The highest BCUT2D eigenvalue weighted by Crippen LogP contribution is 2.51. The summed E-state index contributed by atoms with van der Waals surface area (Å²) in [7, 11) is 2.83. The molecule has 0 unspecified atom stereocenters. The second-order valence-electron chi connectivity index (χ2n) is 2.96. The molecule has 0 radical (unpaired) electrons. The minimum atomic E-state index is -2.81. The molecule has 0 atom stereocenters. The summed E-state index contributed by atoms with van der Waals surface area (Å²) < 4.78 is 15.4. The minimum absolute atomic E-state index is 0. The van der Waals surface area contributed by atoms with Crippen molar-refractivity contribution in [2.45, 2.75) is 6.92 Å². The van der Waals surface area contributed by atoms with E-state index in [0.717, 1.165) is 5.56 Å². The average molecular weight is 319 g/mol. The van der Waals surface area contributed by atoms with Gasteiger partial charge in [0.25, 0.3) is 0 Å². The number of hydrogen-bond acceptors (Lipinski definition) is 4. The van der Waals surface area contributed by atoms with Gasteiger partial charge in [-0.2, -0.15) is 0 Å². The summed E-state index contributed by atoms with van der Waals surface area (Å²) in [6.45, 7) is -0.928. The van der Waals surface area contributed by atoms with Crippen LogP contribution in [0.4, 0.5) is 0 Å². The Labute approximate surface area is 115 Å². The molecule has 0 aliphatic carbocycles. The monoisotopic (exact) mass is 318 g/mol. The van der Waals surface area contributed by atoms with E-state index >= 15 is 0 Å². The van der Waals surface area contributed by atoms with E-state index in [2.05, 4.69) is 0 Å². The highest BCUT2D eigenvalue weighted by Gasteiger charge is 2.22. The van der Waals surface area contributed by atoms with Crippen molar-refractivity contribution in [3.8, 4) is 5.75 Å². The third kappa shape index (κ3) is 4.38. The van der Waals surface area contributed by atoms with E-state index in [1.165, 1.54) is 14.2 Å². The van der Waals surface area contributed by atoms with Crippen molar-refractivity contribution in [1.29, 1.82) is 0 Å². The molecule has 0 aliphatic rings. The molecular formula is C9H13Cl2O4PS. The molecule has 1 aromatic carbocycles. The summed E-state index contributed by atoms with van der Waals surface area (Å²) in [5, 5.41) is 0.765. The summed E-state index contributed by atoms with van der Waals surface area (Å²) in [5.41, 5.74) is 0.936. The Kier molecular flexibility index (Phi) is 6.95. The molecule has 2 N–H and O–H groups in total. The van der Waals surface area contributed by atoms with Crippen LogP contribution in [0.3, 0.4) is 0 Å². The van der Waals surface area contributed by atoms with Crippen molar-refractivity contribution in [2.75, 3.05) is 14.2 Å². The maximum absolute atomic E-state index is 6.01. The molecule has 98 valence electrons. The summed E-state index contributed by atoms with van der Waals surface area (Å²) in [4.78, 5) is 0. The van der Waals surface area contributed by atoms with Crippen LogP contribution >= 0.6 is 29.9 Å². The van der Waals surface area contributed by atoms with E-state index in [-0.39, 0.29) is 5.48 Å². The van der Waals surface area contributed by atoms with Crippen LogP contribution in [0.15, 0.2) is 12.1 Å². The predicted octanol–water partition coefficient (Wildman–Crippen LogP) is 3.37. The van der Waals surface area contributed by atoms with Gasteiger partial charge in [0.2, 0.25) is 0 Å². The fraction of sp³-hybridized carbons (Fsp3) is 0.333. The van der Waals surface area contributed by atoms with E-state index in [1.807, 2.05) is 6.92 Å². The molecule has 0 saturated heterocycles. The van der Waals surface area contributed by atoms with Gasteiger partial charge in [0.1, 0.15) is 0 Å². The Balaban J connectivity index is 0.00000256. The van der Waals surface area contributed by atoms with Crippen LogP contribution in [0.2, 0.25) is 10.0 Å². The molecule has 1 aromatic rings. The maximum atomic E-state index is 6.01. The van der Waals surface area contributed by atoms with Gasteiger partial charge in [-0.3, -0.25) is 0 Å². The molecule has 0 fully saturated rings. The fourth-order valence-electron chi connectivity index (χ4n) is 1.03. The Morgan fingerprint density at radius 2 is 1.53 bits per heavy atom. The second-order valence-corrected chi connectivity index (χ2v) is 6.92. The van der Waals surface area contributed by atoms with Crippen LogP contribution in [0, 0.1) is 6.92 Å². The number of aryl methyl sites for hydroxylation is 1. The molecule has 17 heavy (non-hydrogen) atoms. The van der Waals surface area contributed by atoms with Gasteiger partial charge in [-0.15, -0.1) is 0 Å². The smallest absolute Gasteiger partial charge is 0.380 e. The number of halogens is 2. The summed E-state index contributed by atoms with van der Waals surface area (Å²) >= 11 is 17.1. The first-order valence-electron chi connectivity index (χ1n) is 4.28. The molecule has 4 nitrogen and oxygen atoms in total. The van der Waals surface area contributed by atoms with Crippen LogP contribution in [0.1, 0.15) is 5.56 Å². The van der Waals surface area contributed by atoms with E-state index in [0.29, 0.717) is 15.8 Å². The van der Waals surface area contributed by atoms with Crippen LogP contribution in [-0.2, 0) is 20.9 Å². The number of hydrogen-bond donors (Lipinski definition) is 0.